The molecule has 5 nitrogen and oxygen atoms in total. The van der Waals surface area contributed by atoms with Crippen molar-refractivity contribution in [2.45, 2.75) is 26.9 Å². The Morgan fingerprint density at radius 3 is 2.52 bits per heavy atom. The monoisotopic (exact) mass is 293 g/mol. The topological polar surface area (TPSA) is 66.8 Å². The number of benzene rings is 1. The molecular weight excluding hydrogens is 270 g/mol. The lowest BCUT2D eigenvalue weighted by Gasteiger charge is -2.23. The van der Waals surface area contributed by atoms with Crippen LogP contribution in [0.3, 0.4) is 0 Å². The highest BCUT2D eigenvalue weighted by atomic mass is 16.5. The van der Waals surface area contributed by atoms with E-state index in [0.29, 0.717) is 13.2 Å². The maximum atomic E-state index is 12.3. The zero-order chi connectivity index (χ0) is 15.8. The Morgan fingerprint density at radius 2 is 1.95 bits per heavy atom. The van der Waals surface area contributed by atoms with Gasteiger partial charge in [-0.05, 0) is 17.0 Å². The molecule has 5 heteroatoms. The van der Waals surface area contributed by atoms with Crippen LogP contribution in [0.4, 0.5) is 0 Å². The van der Waals surface area contributed by atoms with Crippen LogP contribution in [-0.4, -0.2) is 42.1 Å². The number of carboxylic acid groups (broad SMARTS) is 1. The van der Waals surface area contributed by atoms with E-state index in [-0.39, 0.29) is 24.8 Å². The van der Waals surface area contributed by atoms with Crippen LogP contribution in [0.5, 0.6) is 0 Å². The molecule has 1 aromatic carbocycles. The molecule has 21 heavy (non-hydrogen) atoms. The maximum absolute atomic E-state index is 12.3. The highest BCUT2D eigenvalue weighted by molar-refractivity contribution is 5.83. The zero-order valence-electron chi connectivity index (χ0n) is 12.8. The second-order valence-corrected chi connectivity index (χ2v) is 5.49. The van der Waals surface area contributed by atoms with Crippen LogP contribution in [0.2, 0.25) is 0 Å². The molecule has 0 saturated carbocycles. The summed E-state index contributed by atoms with van der Waals surface area (Å²) >= 11 is 0. The highest BCUT2D eigenvalue weighted by Gasteiger charge is 2.18. The Labute approximate surface area is 125 Å². The van der Waals surface area contributed by atoms with Gasteiger partial charge in [-0.15, -0.1) is 0 Å². The third-order valence-electron chi connectivity index (χ3n) is 2.92. The van der Waals surface area contributed by atoms with Gasteiger partial charge >= 0.3 is 5.97 Å². The molecule has 1 N–H and O–H groups in total. The molecule has 0 fully saturated rings. The molecule has 0 heterocycles. The normalized spacial score (nSPS) is 10.7. The van der Waals surface area contributed by atoms with E-state index in [1.165, 1.54) is 4.90 Å². The molecule has 1 aromatic rings. The molecule has 0 atom stereocenters. The first kappa shape index (κ1) is 17.2. The quantitative estimate of drug-likeness (QED) is 0.795. The number of methoxy groups -OCH3 is 1. The van der Waals surface area contributed by atoms with Gasteiger partial charge in [0.25, 0.3) is 0 Å². The van der Waals surface area contributed by atoms with E-state index in [9.17, 15) is 9.59 Å². The number of carbonyl (C=O) groups is 2. The molecule has 0 bridgehead atoms. The molecule has 1 rings (SSSR count). The molecule has 116 valence electrons. The van der Waals surface area contributed by atoms with Crippen LogP contribution >= 0.6 is 0 Å². The van der Waals surface area contributed by atoms with Crippen molar-refractivity contribution in [3.05, 3.63) is 35.4 Å². The first-order chi connectivity index (χ1) is 9.92. The number of rotatable bonds is 8. The maximum Gasteiger partial charge on any atom is 0.323 e. The molecule has 0 aliphatic heterocycles. The second-order valence-electron chi connectivity index (χ2n) is 5.49. The van der Waals surface area contributed by atoms with Gasteiger partial charge in [-0.2, -0.15) is 0 Å². The summed E-state index contributed by atoms with van der Waals surface area (Å²) in [5.74, 6) is -0.925. The van der Waals surface area contributed by atoms with Crippen LogP contribution in [0.25, 0.3) is 0 Å². The Bertz CT molecular complexity index is 485. The summed E-state index contributed by atoms with van der Waals surface area (Å²) in [5, 5.41) is 8.92. The number of carbonyl (C=O) groups excluding carboxylic acids is 1. The number of amides is 1. The van der Waals surface area contributed by atoms with Crippen molar-refractivity contribution in [3.63, 3.8) is 0 Å². The summed E-state index contributed by atoms with van der Waals surface area (Å²) in [4.78, 5) is 24.6. The minimum atomic E-state index is -0.989. The van der Waals surface area contributed by atoms with Crippen molar-refractivity contribution in [3.8, 4) is 0 Å². The molecule has 0 aromatic heterocycles. The van der Waals surface area contributed by atoms with Crippen LogP contribution in [0, 0.1) is 5.92 Å². The Hall–Kier alpha value is -1.88. The second kappa shape index (κ2) is 8.42. The lowest BCUT2D eigenvalue weighted by molar-refractivity contribution is -0.144. The van der Waals surface area contributed by atoms with Gasteiger partial charge in [0.05, 0.1) is 13.0 Å². The minimum absolute atomic E-state index is 0.166. The first-order valence-corrected chi connectivity index (χ1v) is 6.98. The third kappa shape index (κ3) is 6.40. The molecule has 1 amide bonds. The number of hydrogen-bond donors (Lipinski definition) is 1. The molecule has 0 aliphatic rings. The van der Waals surface area contributed by atoms with E-state index in [2.05, 4.69) is 0 Å². The third-order valence-corrected chi connectivity index (χ3v) is 2.92. The predicted molar refractivity (Wildman–Crippen MR) is 79.9 cm³/mol. The highest BCUT2D eigenvalue weighted by Crippen LogP contribution is 2.10. The Kier molecular flexibility index (Phi) is 6.88. The van der Waals surface area contributed by atoms with Crippen molar-refractivity contribution >= 4 is 11.9 Å². The summed E-state index contributed by atoms with van der Waals surface area (Å²) < 4.78 is 5.07. The molecular formula is C16H23NO4. The van der Waals surface area contributed by atoms with Crippen LogP contribution in [0.15, 0.2) is 24.3 Å². The standard InChI is InChI=1S/C16H23NO4/c1-12(2)9-17(10-16(19)20)15(18)8-13-5-4-6-14(7-13)11-21-3/h4-7,12H,8-11H2,1-3H3,(H,19,20). The van der Waals surface area contributed by atoms with Crippen molar-refractivity contribution in [1.29, 1.82) is 0 Å². The van der Waals surface area contributed by atoms with Gasteiger partial charge in [-0.1, -0.05) is 38.1 Å². The molecule has 0 aliphatic carbocycles. The van der Waals surface area contributed by atoms with E-state index in [1.54, 1.807) is 7.11 Å². The fraction of sp³-hybridized carbons (Fsp3) is 0.500. The van der Waals surface area contributed by atoms with Crippen molar-refractivity contribution < 1.29 is 19.4 Å². The Balaban J connectivity index is 2.75. The van der Waals surface area contributed by atoms with Gasteiger partial charge in [0.15, 0.2) is 0 Å². The van der Waals surface area contributed by atoms with Gasteiger partial charge in [0.1, 0.15) is 6.54 Å². The lowest BCUT2D eigenvalue weighted by atomic mass is 10.1. The molecule has 0 spiro atoms. The van der Waals surface area contributed by atoms with Gasteiger partial charge in [-0.25, -0.2) is 0 Å². The average molecular weight is 293 g/mol. The summed E-state index contributed by atoms with van der Waals surface area (Å²) in [5.41, 5.74) is 1.87. The summed E-state index contributed by atoms with van der Waals surface area (Å²) in [7, 11) is 1.62. The van der Waals surface area contributed by atoms with Gasteiger partial charge in [0.2, 0.25) is 5.91 Å². The average Bonchev–Trinajstić information content (AvgIpc) is 2.37. The van der Waals surface area contributed by atoms with Crippen molar-refractivity contribution in [1.82, 2.24) is 4.90 Å². The minimum Gasteiger partial charge on any atom is -0.480 e. The SMILES string of the molecule is COCc1cccc(CC(=O)N(CC(=O)O)CC(C)C)c1. The number of hydrogen-bond acceptors (Lipinski definition) is 3. The van der Waals surface area contributed by atoms with Crippen molar-refractivity contribution in [2.24, 2.45) is 5.92 Å². The number of ether oxygens (including phenoxy) is 1. The fourth-order valence-electron chi connectivity index (χ4n) is 2.14. The molecule has 0 radical (unpaired) electrons. The smallest absolute Gasteiger partial charge is 0.323 e. The van der Waals surface area contributed by atoms with E-state index >= 15 is 0 Å². The van der Waals surface area contributed by atoms with Gasteiger partial charge in [0, 0.05) is 13.7 Å². The van der Waals surface area contributed by atoms with E-state index in [1.807, 2.05) is 38.1 Å². The fourth-order valence-corrected chi connectivity index (χ4v) is 2.14. The van der Waals surface area contributed by atoms with Crippen LogP contribution < -0.4 is 0 Å². The molecule has 0 saturated heterocycles. The summed E-state index contributed by atoms with van der Waals surface area (Å²) in [6, 6.07) is 7.59. The van der Waals surface area contributed by atoms with E-state index < -0.39 is 5.97 Å². The number of nitrogens with zero attached hydrogens (tertiary/aromatic N) is 1. The van der Waals surface area contributed by atoms with E-state index in [4.69, 9.17) is 9.84 Å². The largest absolute Gasteiger partial charge is 0.480 e. The summed E-state index contributed by atoms with van der Waals surface area (Å²) in [6.45, 7) is 4.60. The predicted octanol–water partition coefficient (Wildman–Crippen LogP) is 1.94. The number of carboxylic acids is 1. The Morgan fingerprint density at radius 1 is 1.29 bits per heavy atom. The lowest BCUT2D eigenvalue weighted by Crippen LogP contribution is -2.39. The molecule has 0 unspecified atom stereocenters. The van der Waals surface area contributed by atoms with Gasteiger partial charge in [-0.3, -0.25) is 9.59 Å². The van der Waals surface area contributed by atoms with Gasteiger partial charge < -0.3 is 14.7 Å². The van der Waals surface area contributed by atoms with E-state index in [0.717, 1.165) is 11.1 Å². The van der Waals surface area contributed by atoms with Crippen LogP contribution in [-0.2, 0) is 27.4 Å². The summed E-state index contributed by atoms with van der Waals surface area (Å²) in [6.07, 6.45) is 0.206. The zero-order valence-corrected chi connectivity index (χ0v) is 12.8. The van der Waals surface area contributed by atoms with Crippen molar-refractivity contribution in [2.75, 3.05) is 20.2 Å². The first-order valence-electron chi connectivity index (χ1n) is 6.98. The van der Waals surface area contributed by atoms with Crippen LogP contribution in [0.1, 0.15) is 25.0 Å². The number of aliphatic carboxylic acids is 1.